The highest BCUT2D eigenvalue weighted by Crippen LogP contribution is 2.49. The number of allylic oxidation sites excluding steroid dienone is 3. The van der Waals surface area contributed by atoms with Crippen LogP contribution in [-0.4, -0.2) is 53.0 Å². The minimum Gasteiger partial charge on any atom is -0.388 e. The van der Waals surface area contributed by atoms with Crippen LogP contribution >= 0.6 is 0 Å². The Morgan fingerprint density at radius 3 is 2.89 bits per heavy atom. The van der Waals surface area contributed by atoms with Gasteiger partial charge in [-0.1, -0.05) is 42.8 Å². The lowest BCUT2D eigenvalue weighted by molar-refractivity contribution is -0.119. The van der Waals surface area contributed by atoms with Gasteiger partial charge >= 0.3 is 0 Å². The molecule has 1 amide bonds. The topological polar surface area (TPSA) is 85.2 Å². The van der Waals surface area contributed by atoms with Gasteiger partial charge in [0.15, 0.2) is 0 Å². The number of rotatable bonds is 5. The molecule has 1 aromatic rings. The number of fused-ring (bicyclic) bond motifs is 1. The first-order valence-corrected chi connectivity index (χ1v) is 14.6. The lowest BCUT2D eigenvalue weighted by atomic mass is 9.64. The molecule has 5 atom stereocenters. The predicted molar refractivity (Wildman–Crippen MR) is 150 cm³/mol. The van der Waals surface area contributed by atoms with Crippen molar-refractivity contribution in [2.45, 2.75) is 82.5 Å². The van der Waals surface area contributed by atoms with Gasteiger partial charge in [0.1, 0.15) is 0 Å². The Bertz CT molecular complexity index is 1180. The number of dihydropyridines is 1. The molecule has 1 aromatic carbocycles. The van der Waals surface area contributed by atoms with Gasteiger partial charge in [-0.05, 0) is 85.5 Å². The fourth-order valence-corrected chi connectivity index (χ4v) is 7.64. The van der Waals surface area contributed by atoms with E-state index in [1.165, 1.54) is 36.9 Å². The van der Waals surface area contributed by atoms with Gasteiger partial charge < -0.3 is 20.4 Å². The van der Waals surface area contributed by atoms with E-state index in [0.717, 1.165) is 62.9 Å². The molecular formula is C32H41N3O3. The second kappa shape index (κ2) is 10.8. The highest BCUT2D eigenvalue weighted by molar-refractivity contribution is 5.95. The molecule has 2 fully saturated rings. The Kier molecular flexibility index (Phi) is 7.28. The van der Waals surface area contributed by atoms with Gasteiger partial charge in [0.05, 0.1) is 18.2 Å². The molecule has 3 N–H and O–H groups in total. The summed E-state index contributed by atoms with van der Waals surface area (Å²) in [6.45, 7) is 3.13. The number of piperidine rings is 1. The fraction of sp³-hybridized carbons (Fsp3) is 0.562. The van der Waals surface area contributed by atoms with Crippen LogP contribution in [0.25, 0.3) is 0 Å². The van der Waals surface area contributed by atoms with E-state index in [9.17, 15) is 15.0 Å². The molecule has 38 heavy (non-hydrogen) atoms. The Balaban J connectivity index is 1.15. The Morgan fingerprint density at radius 1 is 1.16 bits per heavy atom. The number of carbonyl (C=O) groups is 1. The summed E-state index contributed by atoms with van der Waals surface area (Å²) in [7, 11) is 0. The van der Waals surface area contributed by atoms with Gasteiger partial charge in [-0.3, -0.25) is 9.79 Å². The van der Waals surface area contributed by atoms with Gasteiger partial charge in [-0.25, -0.2) is 0 Å². The summed E-state index contributed by atoms with van der Waals surface area (Å²) >= 11 is 0. The van der Waals surface area contributed by atoms with Crippen molar-refractivity contribution >= 4 is 12.1 Å². The van der Waals surface area contributed by atoms with Gasteiger partial charge in [-0.15, -0.1) is 0 Å². The summed E-state index contributed by atoms with van der Waals surface area (Å²) in [5.41, 5.74) is 5.50. The van der Waals surface area contributed by atoms with Crippen molar-refractivity contribution in [3.05, 3.63) is 70.5 Å². The first-order chi connectivity index (χ1) is 18.5. The zero-order chi connectivity index (χ0) is 26.1. The van der Waals surface area contributed by atoms with E-state index in [-0.39, 0.29) is 23.3 Å². The third kappa shape index (κ3) is 5.13. The number of amides is 1. The lowest BCUT2D eigenvalue weighted by Gasteiger charge is -2.49. The molecule has 6 heteroatoms. The largest absolute Gasteiger partial charge is 0.388 e. The van der Waals surface area contributed by atoms with E-state index in [1.807, 2.05) is 18.4 Å². The maximum absolute atomic E-state index is 12.9. The zero-order valence-corrected chi connectivity index (χ0v) is 22.3. The van der Waals surface area contributed by atoms with Crippen LogP contribution in [0.3, 0.4) is 0 Å². The molecule has 6 nitrogen and oxygen atoms in total. The maximum Gasteiger partial charge on any atom is 0.250 e. The number of hydrogen-bond acceptors (Lipinski definition) is 5. The van der Waals surface area contributed by atoms with Crippen LogP contribution in [0, 0.1) is 11.3 Å². The van der Waals surface area contributed by atoms with Gasteiger partial charge in [-0.2, -0.15) is 0 Å². The number of hydrogen-bond donors (Lipinski definition) is 3. The Hall–Kier alpha value is -2.70. The number of aliphatic hydroxyl groups excluding tert-OH is 2. The Morgan fingerprint density at radius 2 is 2.05 bits per heavy atom. The smallest absolute Gasteiger partial charge is 0.250 e. The number of nitrogens with zero attached hydrogens (tertiary/aromatic N) is 2. The molecule has 0 aromatic heterocycles. The van der Waals surface area contributed by atoms with Crippen LogP contribution in [0.2, 0.25) is 0 Å². The zero-order valence-electron chi connectivity index (χ0n) is 22.3. The molecular weight excluding hydrogens is 474 g/mol. The van der Waals surface area contributed by atoms with Gasteiger partial charge in [0.25, 0.3) is 0 Å². The average molecular weight is 516 g/mol. The lowest BCUT2D eigenvalue weighted by Crippen LogP contribution is -2.46. The quantitative estimate of drug-likeness (QED) is 0.531. The summed E-state index contributed by atoms with van der Waals surface area (Å²) in [6, 6.07) is 6.31. The van der Waals surface area contributed by atoms with E-state index in [2.05, 4.69) is 39.5 Å². The first-order valence-electron chi connectivity index (χ1n) is 14.6. The molecule has 4 unspecified atom stereocenters. The second-order valence-corrected chi connectivity index (χ2v) is 12.1. The summed E-state index contributed by atoms with van der Waals surface area (Å²) in [5.74, 6) is 0.0634. The van der Waals surface area contributed by atoms with E-state index in [0.29, 0.717) is 12.0 Å². The summed E-state index contributed by atoms with van der Waals surface area (Å²) in [5, 5.41) is 25.0. The number of nitrogens with one attached hydrogen (secondary N) is 1. The summed E-state index contributed by atoms with van der Waals surface area (Å²) < 4.78 is 0. The van der Waals surface area contributed by atoms with Gasteiger partial charge in [0, 0.05) is 43.5 Å². The second-order valence-electron chi connectivity index (χ2n) is 12.1. The molecule has 2 aliphatic heterocycles. The van der Waals surface area contributed by atoms with E-state index >= 15 is 0 Å². The van der Waals surface area contributed by atoms with Crippen molar-refractivity contribution in [2.75, 3.05) is 19.6 Å². The number of carbonyl (C=O) groups excluding carboxylic acids is 1. The molecule has 5 aliphatic rings. The van der Waals surface area contributed by atoms with Crippen LogP contribution in [-0.2, 0) is 11.2 Å². The molecule has 2 heterocycles. The third-order valence-electron chi connectivity index (χ3n) is 9.65. The highest BCUT2D eigenvalue weighted by Gasteiger charge is 2.42. The Labute approximate surface area is 226 Å². The minimum atomic E-state index is -0.745. The molecule has 6 rings (SSSR count). The van der Waals surface area contributed by atoms with Crippen LogP contribution in [0.15, 0.2) is 58.8 Å². The van der Waals surface area contributed by atoms with Crippen LogP contribution in [0.5, 0.6) is 0 Å². The summed E-state index contributed by atoms with van der Waals surface area (Å²) in [6.07, 6.45) is 18.7. The molecule has 0 bridgehead atoms. The number of aryl methyl sites for hydroxylation is 1. The monoisotopic (exact) mass is 515 g/mol. The fourth-order valence-electron chi connectivity index (χ4n) is 7.64. The van der Waals surface area contributed by atoms with Crippen LogP contribution in [0.1, 0.15) is 86.6 Å². The highest BCUT2D eigenvalue weighted by atomic mass is 16.3. The first kappa shape index (κ1) is 25.6. The average Bonchev–Trinajstić information content (AvgIpc) is 3.35. The molecule has 1 spiro atoms. The minimum absolute atomic E-state index is 0.0828. The molecule has 1 saturated carbocycles. The van der Waals surface area contributed by atoms with Gasteiger partial charge in [0.2, 0.25) is 5.91 Å². The van der Waals surface area contributed by atoms with E-state index < -0.39 is 12.2 Å². The van der Waals surface area contributed by atoms with E-state index in [4.69, 9.17) is 0 Å². The third-order valence-corrected chi connectivity index (χ3v) is 9.65. The molecule has 202 valence electrons. The number of likely N-dealkylation sites (tertiary alicyclic amines) is 1. The van der Waals surface area contributed by atoms with Crippen LogP contribution < -0.4 is 5.32 Å². The normalized spacial score (nSPS) is 31.5. The standard InChI is InChI=1S/C32H41N3O3/c36-29-7-2-1-6-26(29)31(38)34-28-11-10-22-8-9-23(19-27(22)28)30(37)24-5-3-14-32(20-24)15-4-18-35(21-32)25-12-16-33-17-13-25/h1-2,6,8-9,12,16,19,24,28-30,36-37H,3-5,7,10-11,13-15,17-18,20-21H2,(H,34,38)/t24?,28-,29?,30?,32?/m1/s1. The van der Waals surface area contributed by atoms with Crippen molar-refractivity contribution in [1.29, 1.82) is 0 Å². The van der Waals surface area contributed by atoms with Crippen LogP contribution in [0.4, 0.5) is 0 Å². The van der Waals surface area contributed by atoms with Crippen molar-refractivity contribution < 1.29 is 15.0 Å². The summed E-state index contributed by atoms with van der Waals surface area (Å²) in [4.78, 5) is 19.9. The maximum atomic E-state index is 12.9. The van der Waals surface area contributed by atoms with Crippen molar-refractivity contribution in [1.82, 2.24) is 10.2 Å². The SMILES string of the molecule is O=C(N[C@@H]1CCc2ccc(C(O)C3CCCC4(CCCN(C5=CC=NCC5)C4)C3)cc21)C1=CC=CCC1O. The van der Waals surface area contributed by atoms with E-state index in [1.54, 1.807) is 6.08 Å². The van der Waals surface area contributed by atoms with Crippen molar-refractivity contribution in [2.24, 2.45) is 16.3 Å². The molecule has 3 aliphatic carbocycles. The van der Waals surface area contributed by atoms with Crippen molar-refractivity contribution in [3.63, 3.8) is 0 Å². The van der Waals surface area contributed by atoms with Crippen molar-refractivity contribution in [3.8, 4) is 0 Å². The molecule has 0 radical (unpaired) electrons. The predicted octanol–water partition coefficient (Wildman–Crippen LogP) is 4.70. The molecule has 1 saturated heterocycles. The number of aliphatic imine (C=N–C) groups is 1. The number of aliphatic hydroxyl groups is 2. The number of benzene rings is 1.